The van der Waals surface area contributed by atoms with Crippen LogP contribution in [-0.2, 0) is 16.6 Å². The zero-order chi connectivity index (χ0) is 20.1. The van der Waals surface area contributed by atoms with Gasteiger partial charge in [0.15, 0.2) is 0 Å². The Morgan fingerprint density at radius 1 is 1.11 bits per heavy atom. The summed E-state index contributed by atoms with van der Waals surface area (Å²) in [5.41, 5.74) is 2.87. The minimum absolute atomic E-state index is 0.0930. The maximum absolute atomic E-state index is 12.2. The molecule has 0 spiro atoms. The Morgan fingerprint density at radius 3 is 2.50 bits per heavy atom. The van der Waals surface area contributed by atoms with Crippen molar-refractivity contribution in [1.82, 2.24) is 10.1 Å². The molecule has 6 nitrogen and oxygen atoms in total. The number of amides is 1. The summed E-state index contributed by atoms with van der Waals surface area (Å²) in [5.74, 6) is 1.44. The molecule has 146 valence electrons. The number of hydrogen-bond acceptors (Lipinski definition) is 5. The highest BCUT2D eigenvalue weighted by molar-refractivity contribution is 5.92. The third kappa shape index (κ3) is 4.76. The molecule has 1 N–H and O–H groups in total. The molecule has 0 radical (unpaired) electrons. The SMILES string of the molecule is COc1ccccc1NC(=O)CCc1nc(-c2ccc(C(C)(C)C)cc2)no1. The highest BCUT2D eigenvalue weighted by Gasteiger charge is 2.15. The van der Waals surface area contributed by atoms with Gasteiger partial charge in [0.25, 0.3) is 0 Å². The Balaban J connectivity index is 1.59. The van der Waals surface area contributed by atoms with Crippen molar-refractivity contribution >= 4 is 11.6 Å². The molecule has 28 heavy (non-hydrogen) atoms. The molecule has 0 unspecified atom stereocenters. The molecule has 0 aliphatic rings. The number of carbonyl (C=O) groups excluding carboxylic acids is 1. The van der Waals surface area contributed by atoms with Gasteiger partial charge in [-0.15, -0.1) is 0 Å². The number of hydrogen-bond donors (Lipinski definition) is 1. The van der Waals surface area contributed by atoms with Crippen LogP contribution in [0, 0.1) is 0 Å². The lowest BCUT2D eigenvalue weighted by Gasteiger charge is -2.18. The summed E-state index contributed by atoms with van der Waals surface area (Å²) >= 11 is 0. The van der Waals surface area contributed by atoms with Crippen LogP contribution in [0.4, 0.5) is 5.69 Å². The van der Waals surface area contributed by atoms with Gasteiger partial charge in [-0.3, -0.25) is 4.79 Å². The summed E-state index contributed by atoms with van der Waals surface area (Å²) in [4.78, 5) is 16.6. The molecule has 2 aromatic carbocycles. The predicted molar refractivity (Wildman–Crippen MR) is 108 cm³/mol. The van der Waals surface area contributed by atoms with Crippen molar-refractivity contribution in [2.75, 3.05) is 12.4 Å². The molecule has 0 bridgehead atoms. The lowest BCUT2D eigenvalue weighted by molar-refractivity contribution is -0.116. The molecule has 0 atom stereocenters. The second kappa shape index (κ2) is 8.25. The molecule has 0 aliphatic heterocycles. The van der Waals surface area contributed by atoms with Crippen LogP contribution in [0.1, 0.15) is 38.6 Å². The van der Waals surface area contributed by atoms with E-state index in [1.54, 1.807) is 19.2 Å². The second-order valence-corrected chi connectivity index (χ2v) is 7.59. The third-order valence-electron chi connectivity index (χ3n) is 4.42. The number of anilines is 1. The molecule has 1 amide bonds. The molecular formula is C22H25N3O3. The lowest BCUT2D eigenvalue weighted by atomic mass is 9.87. The van der Waals surface area contributed by atoms with Gasteiger partial charge in [-0.2, -0.15) is 4.98 Å². The van der Waals surface area contributed by atoms with Crippen LogP contribution in [0.15, 0.2) is 53.1 Å². The molecule has 0 aliphatic carbocycles. The van der Waals surface area contributed by atoms with Crippen molar-refractivity contribution in [2.45, 2.75) is 39.0 Å². The summed E-state index contributed by atoms with van der Waals surface area (Å²) in [5, 5.41) is 6.87. The lowest BCUT2D eigenvalue weighted by Crippen LogP contribution is -2.13. The number of para-hydroxylation sites is 2. The smallest absolute Gasteiger partial charge is 0.227 e. The number of aromatic nitrogens is 2. The maximum Gasteiger partial charge on any atom is 0.227 e. The molecule has 1 aromatic heterocycles. The maximum atomic E-state index is 12.2. The first-order valence-corrected chi connectivity index (χ1v) is 9.23. The van der Waals surface area contributed by atoms with Gasteiger partial charge >= 0.3 is 0 Å². The molecule has 0 saturated heterocycles. The van der Waals surface area contributed by atoms with E-state index in [-0.39, 0.29) is 17.7 Å². The van der Waals surface area contributed by atoms with Crippen molar-refractivity contribution in [3.8, 4) is 17.1 Å². The minimum atomic E-state index is -0.140. The summed E-state index contributed by atoms with van der Waals surface area (Å²) in [6.45, 7) is 6.51. The Morgan fingerprint density at radius 2 is 1.82 bits per heavy atom. The van der Waals surface area contributed by atoms with Gasteiger partial charge in [-0.25, -0.2) is 0 Å². The Bertz CT molecular complexity index is 940. The van der Waals surface area contributed by atoms with Crippen molar-refractivity contribution < 1.29 is 14.1 Å². The van der Waals surface area contributed by atoms with Crippen molar-refractivity contribution in [1.29, 1.82) is 0 Å². The van der Waals surface area contributed by atoms with E-state index in [0.29, 0.717) is 29.6 Å². The first-order valence-electron chi connectivity index (χ1n) is 9.23. The van der Waals surface area contributed by atoms with E-state index in [1.165, 1.54) is 5.56 Å². The number of rotatable bonds is 6. The fraction of sp³-hybridized carbons (Fsp3) is 0.318. The average Bonchev–Trinajstić information content (AvgIpc) is 3.15. The zero-order valence-electron chi connectivity index (χ0n) is 16.7. The van der Waals surface area contributed by atoms with Crippen molar-refractivity contribution in [3.05, 3.63) is 60.0 Å². The van der Waals surface area contributed by atoms with Crippen LogP contribution in [-0.4, -0.2) is 23.2 Å². The zero-order valence-corrected chi connectivity index (χ0v) is 16.7. The monoisotopic (exact) mass is 379 g/mol. The fourth-order valence-corrected chi connectivity index (χ4v) is 2.77. The van der Waals surface area contributed by atoms with E-state index in [2.05, 4.69) is 48.4 Å². The third-order valence-corrected chi connectivity index (χ3v) is 4.42. The standard InChI is InChI=1S/C22H25N3O3/c1-22(2,3)16-11-9-15(10-12-16)21-24-20(28-25-21)14-13-19(26)23-17-7-5-6-8-18(17)27-4/h5-12H,13-14H2,1-4H3,(H,23,26). The highest BCUT2D eigenvalue weighted by atomic mass is 16.5. The highest BCUT2D eigenvalue weighted by Crippen LogP contribution is 2.25. The predicted octanol–water partition coefficient (Wildman–Crippen LogP) is 4.61. The first-order chi connectivity index (χ1) is 13.4. The Kier molecular flexibility index (Phi) is 5.78. The van der Waals surface area contributed by atoms with E-state index in [9.17, 15) is 4.79 Å². The average molecular weight is 379 g/mol. The van der Waals surface area contributed by atoms with E-state index >= 15 is 0 Å². The van der Waals surface area contributed by atoms with Gasteiger partial charge in [0, 0.05) is 18.4 Å². The van der Waals surface area contributed by atoms with Gasteiger partial charge in [0.1, 0.15) is 5.75 Å². The van der Waals surface area contributed by atoms with E-state index in [1.807, 2.05) is 24.3 Å². The summed E-state index contributed by atoms with van der Waals surface area (Å²) in [6.07, 6.45) is 0.608. The van der Waals surface area contributed by atoms with Crippen molar-refractivity contribution in [3.63, 3.8) is 0 Å². The van der Waals surface area contributed by atoms with Crippen LogP contribution in [0.25, 0.3) is 11.4 Å². The quantitative estimate of drug-likeness (QED) is 0.676. The molecule has 0 saturated carbocycles. The minimum Gasteiger partial charge on any atom is -0.495 e. The largest absolute Gasteiger partial charge is 0.495 e. The van der Waals surface area contributed by atoms with E-state index < -0.39 is 0 Å². The Hall–Kier alpha value is -3.15. The van der Waals surface area contributed by atoms with Gasteiger partial charge < -0.3 is 14.6 Å². The van der Waals surface area contributed by atoms with Gasteiger partial charge in [-0.1, -0.05) is 62.3 Å². The molecule has 1 heterocycles. The van der Waals surface area contributed by atoms with Gasteiger partial charge in [0.05, 0.1) is 12.8 Å². The molecule has 3 rings (SSSR count). The molecule has 6 heteroatoms. The summed E-state index contributed by atoms with van der Waals surface area (Å²) in [6, 6.07) is 15.4. The topological polar surface area (TPSA) is 77.2 Å². The van der Waals surface area contributed by atoms with E-state index in [4.69, 9.17) is 9.26 Å². The summed E-state index contributed by atoms with van der Waals surface area (Å²) in [7, 11) is 1.57. The van der Waals surface area contributed by atoms with Crippen LogP contribution >= 0.6 is 0 Å². The van der Waals surface area contributed by atoms with Gasteiger partial charge in [-0.05, 0) is 23.1 Å². The number of nitrogens with zero attached hydrogens (tertiary/aromatic N) is 2. The number of aryl methyl sites for hydroxylation is 1. The fourth-order valence-electron chi connectivity index (χ4n) is 2.77. The van der Waals surface area contributed by atoms with Crippen LogP contribution in [0.2, 0.25) is 0 Å². The number of nitrogens with one attached hydrogen (secondary N) is 1. The summed E-state index contributed by atoms with van der Waals surface area (Å²) < 4.78 is 10.5. The number of ether oxygens (including phenoxy) is 1. The number of benzene rings is 2. The molecule has 3 aromatic rings. The number of methoxy groups -OCH3 is 1. The van der Waals surface area contributed by atoms with Crippen LogP contribution in [0.3, 0.4) is 0 Å². The second-order valence-electron chi connectivity index (χ2n) is 7.59. The normalized spacial score (nSPS) is 11.3. The Labute approximate surface area is 164 Å². The first kappa shape index (κ1) is 19.6. The van der Waals surface area contributed by atoms with E-state index in [0.717, 1.165) is 5.56 Å². The number of carbonyl (C=O) groups is 1. The van der Waals surface area contributed by atoms with Crippen LogP contribution in [0.5, 0.6) is 5.75 Å². The van der Waals surface area contributed by atoms with Crippen molar-refractivity contribution in [2.24, 2.45) is 0 Å². The van der Waals surface area contributed by atoms with Gasteiger partial charge in [0.2, 0.25) is 17.6 Å². The molecular weight excluding hydrogens is 354 g/mol. The molecule has 0 fully saturated rings. The van der Waals surface area contributed by atoms with Crippen LogP contribution < -0.4 is 10.1 Å².